The lowest BCUT2D eigenvalue weighted by molar-refractivity contribution is -0.161. The van der Waals surface area contributed by atoms with Crippen molar-refractivity contribution >= 4 is 39.5 Å². The Morgan fingerprint density at radius 3 is 0.704 bits per heavy atom. The molecule has 0 aromatic rings. The number of aliphatic hydroxyl groups is 1. The van der Waals surface area contributed by atoms with Gasteiger partial charge in [-0.1, -0.05) is 421 Å². The largest absolute Gasteiger partial charge is 0.472 e. The highest BCUT2D eigenvalue weighted by molar-refractivity contribution is 7.47. The van der Waals surface area contributed by atoms with Crippen molar-refractivity contribution in [1.82, 2.24) is 0 Å². The Labute approximate surface area is 664 Å². The number of phosphoric acid groups is 2. The van der Waals surface area contributed by atoms with E-state index >= 15 is 0 Å². The standard InChI is InChI=1S/C89H174O17P2/c1-8-11-12-13-14-15-16-17-18-19-20-21-25-28-33-38-43-48-56-63-70-86(91)99-76-84(105-88(93)72-65-58-49-44-39-34-29-26-23-22-24-27-32-37-42-47-54-61-68-81(6)9-2)78-103-107(95,96)101-74-83(90)75-102-108(97,98)104-79-85(77-100-87(92)71-64-57-52-51-55-62-69-82(7)10-3)106-89(94)73-66-59-50-45-40-35-30-31-36-41-46-53-60-67-80(4)5/h80-85,90H,8-79H2,1-7H3,(H,95,96)(H,97,98)/t81?,82?,83-,84-,85-/m1/s1. The van der Waals surface area contributed by atoms with Crippen LogP contribution in [0.1, 0.15) is 472 Å². The SMILES string of the molecule is CCCCCCCCCCCCCCCCCCCCCCC(=O)OC[C@H](COP(=O)(O)OC[C@@H](O)COP(=O)(O)OC[C@@H](COC(=O)CCCCCCCCC(C)CC)OC(=O)CCCCCCCCCCCCCCCC(C)C)OC(=O)CCCCCCCCCCCCCCCCCCCCC(C)CC. The van der Waals surface area contributed by atoms with Crippen LogP contribution in [0.3, 0.4) is 0 Å². The third-order valence-corrected chi connectivity index (χ3v) is 23.5. The number of aliphatic hydroxyl groups excluding tert-OH is 1. The summed E-state index contributed by atoms with van der Waals surface area (Å²) in [5.74, 6) is 0.285. The monoisotopic (exact) mass is 1580 g/mol. The van der Waals surface area contributed by atoms with Crippen LogP contribution in [0.5, 0.6) is 0 Å². The van der Waals surface area contributed by atoms with Crippen LogP contribution in [0.4, 0.5) is 0 Å². The summed E-state index contributed by atoms with van der Waals surface area (Å²) in [5.41, 5.74) is 0. The van der Waals surface area contributed by atoms with Crippen molar-refractivity contribution in [2.75, 3.05) is 39.6 Å². The zero-order valence-corrected chi connectivity index (χ0v) is 73.1. The van der Waals surface area contributed by atoms with Gasteiger partial charge < -0.3 is 33.8 Å². The molecule has 7 atom stereocenters. The van der Waals surface area contributed by atoms with Crippen molar-refractivity contribution in [2.24, 2.45) is 17.8 Å². The smallest absolute Gasteiger partial charge is 0.462 e. The lowest BCUT2D eigenvalue weighted by Crippen LogP contribution is -2.30. The molecule has 0 aliphatic heterocycles. The molecule has 0 bridgehead atoms. The lowest BCUT2D eigenvalue weighted by Gasteiger charge is -2.21. The number of unbranched alkanes of at least 4 members (excludes halogenated alkanes) is 53. The van der Waals surface area contributed by atoms with E-state index in [1.807, 2.05) is 0 Å². The number of carbonyl (C=O) groups excluding carboxylic acids is 4. The molecule has 4 unspecified atom stereocenters. The molecule has 0 aromatic carbocycles. The first-order valence-corrected chi connectivity index (χ1v) is 48.9. The summed E-state index contributed by atoms with van der Waals surface area (Å²) >= 11 is 0. The molecule has 0 aliphatic carbocycles. The van der Waals surface area contributed by atoms with Crippen LogP contribution in [-0.4, -0.2) is 96.7 Å². The zero-order valence-electron chi connectivity index (χ0n) is 71.3. The minimum atomic E-state index is -4.97. The van der Waals surface area contributed by atoms with Crippen molar-refractivity contribution < 1.29 is 80.2 Å². The van der Waals surface area contributed by atoms with E-state index in [4.69, 9.17) is 37.0 Å². The van der Waals surface area contributed by atoms with E-state index in [9.17, 15) is 43.2 Å². The number of hydrogen-bond donors (Lipinski definition) is 3. The first-order valence-electron chi connectivity index (χ1n) is 45.9. The van der Waals surface area contributed by atoms with Crippen LogP contribution in [0.2, 0.25) is 0 Å². The van der Waals surface area contributed by atoms with Gasteiger partial charge in [-0.05, 0) is 43.4 Å². The molecule has 0 aliphatic rings. The molecular formula is C89H174O17P2. The molecule has 0 aromatic heterocycles. The van der Waals surface area contributed by atoms with Gasteiger partial charge in [0.25, 0.3) is 0 Å². The molecule has 0 saturated carbocycles. The van der Waals surface area contributed by atoms with Crippen LogP contribution >= 0.6 is 15.6 Å². The zero-order chi connectivity index (χ0) is 79.3. The van der Waals surface area contributed by atoms with Crippen LogP contribution in [0.15, 0.2) is 0 Å². The second-order valence-electron chi connectivity index (χ2n) is 32.9. The van der Waals surface area contributed by atoms with E-state index in [2.05, 4.69) is 48.5 Å². The highest BCUT2D eigenvalue weighted by atomic mass is 31.2. The fraction of sp³-hybridized carbons (Fsp3) is 0.955. The molecule has 642 valence electrons. The molecule has 19 heteroatoms. The van der Waals surface area contributed by atoms with Crippen LogP contribution in [-0.2, 0) is 65.4 Å². The van der Waals surface area contributed by atoms with Gasteiger partial charge in [0, 0.05) is 25.7 Å². The molecule has 0 heterocycles. The second kappa shape index (κ2) is 78.9. The maximum absolute atomic E-state index is 13.2. The summed E-state index contributed by atoms with van der Waals surface area (Å²) in [7, 11) is -9.93. The molecule has 3 N–H and O–H groups in total. The van der Waals surface area contributed by atoms with Gasteiger partial charge in [0.2, 0.25) is 0 Å². The van der Waals surface area contributed by atoms with Gasteiger partial charge in [-0.2, -0.15) is 0 Å². The van der Waals surface area contributed by atoms with Gasteiger partial charge in [-0.15, -0.1) is 0 Å². The third-order valence-electron chi connectivity index (χ3n) is 21.6. The first kappa shape index (κ1) is 106. The maximum atomic E-state index is 13.2. The number of hydrogen-bond acceptors (Lipinski definition) is 15. The first-order chi connectivity index (χ1) is 52.3. The minimum absolute atomic E-state index is 0.106. The minimum Gasteiger partial charge on any atom is -0.462 e. The van der Waals surface area contributed by atoms with Crippen LogP contribution in [0.25, 0.3) is 0 Å². The maximum Gasteiger partial charge on any atom is 0.472 e. The van der Waals surface area contributed by atoms with Gasteiger partial charge in [0.05, 0.1) is 26.4 Å². The topological polar surface area (TPSA) is 237 Å². The van der Waals surface area contributed by atoms with Gasteiger partial charge in [-0.25, -0.2) is 9.13 Å². The molecule has 0 fully saturated rings. The summed E-state index contributed by atoms with van der Waals surface area (Å²) in [4.78, 5) is 73.3. The van der Waals surface area contributed by atoms with Gasteiger partial charge in [0.1, 0.15) is 19.3 Å². The van der Waals surface area contributed by atoms with E-state index < -0.39 is 97.5 Å². The Balaban J connectivity index is 5.22. The summed E-state index contributed by atoms with van der Waals surface area (Å²) < 4.78 is 69.0. The quantitative estimate of drug-likeness (QED) is 0.0222. The van der Waals surface area contributed by atoms with E-state index in [0.717, 1.165) is 114 Å². The van der Waals surface area contributed by atoms with E-state index in [-0.39, 0.29) is 25.7 Å². The highest BCUT2D eigenvalue weighted by Crippen LogP contribution is 2.45. The molecular weight excluding hydrogens is 1400 g/mol. The summed E-state index contributed by atoms with van der Waals surface area (Å²) in [6.07, 6.45) is 70.9. The average molecular weight is 1580 g/mol. The number of carbonyl (C=O) groups is 4. The number of phosphoric ester groups is 2. The van der Waals surface area contributed by atoms with Crippen molar-refractivity contribution in [2.45, 2.75) is 491 Å². The number of esters is 4. The molecule has 108 heavy (non-hydrogen) atoms. The predicted molar refractivity (Wildman–Crippen MR) is 446 cm³/mol. The van der Waals surface area contributed by atoms with Crippen molar-refractivity contribution in [3.8, 4) is 0 Å². The van der Waals surface area contributed by atoms with Crippen molar-refractivity contribution in [3.05, 3.63) is 0 Å². The number of rotatable bonds is 87. The fourth-order valence-electron chi connectivity index (χ4n) is 13.8. The Morgan fingerprint density at radius 1 is 0.269 bits per heavy atom. The number of ether oxygens (including phenoxy) is 4. The third kappa shape index (κ3) is 79.3. The highest BCUT2D eigenvalue weighted by Gasteiger charge is 2.31. The summed E-state index contributed by atoms with van der Waals surface area (Å²) in [6, 6.07) is 0. The second-order valence-corrected chi connectivity index (χ2v) is 35.9. The van der Waals surface area contributed by atoms with Gasteiger partial charge in [-0.3, -0.25) is 37.3 Å². The summed E-state index contributed by atoms with van der Waals surface area (Å²) in [6.45, 7) is 12.0. The molecule has 0 saturated heterocycles. The van der Waals surface area contributed by atoms with Crippen molar-refractivity contribution in [3.63, 3.8) is 0 Å². The fourth-order valence-corrected chi connectivity index (χ4v) is 15.4. The van der Waals surface area contributed by atoms with Crippen molar-refractivity contribution in [1.29, 1.82) is 0 Å². The van der Waals surface area contributed by atoms with Crippen LogP contribution in [0, 0.1) is 17.8 Å². The average Bonchev–Trinajstić information content (AvgIpc) is 0.891. The predicted octanol–water partition coefficient (Wildman–Crippen LogP) is 27.3. The molecule has 17 nitrogen and oxygen atoms in total. The Hall–Kier alpha value is -1.94. The van der Waals surface area contributed by atoms with E-state index in [0.29, 0.717) is 25.7 Å². The van der Waals surface area contributed by atoms with Crippen LogP contribution < -0.4 is 0 Å². The molecule has 0 spiro atoms. The Bertz CT molecular complexity index is 2080. The van der Waals surface area contributed by atoms with Gasteiger partial charge in [0.15, 0.2) is 12.2 Å². The van der Waals surface area contributed by atoms with E-state index in [1.54, 1.807) is 0 Å². The molecule has 0 radical (unpaired) electrons. The lowest BCUT2D eigenvalue weighted by atomic mass is 9.99. The van der Waals surface area contributed by atoms with Gasteiger partial charge >= 0.3 is 39.5 Å². The molecule has 0 amide bonds. The summed E-state index contributed by atoms with van der Waals surface area (Å²) in [5, 5.41) is 10.7. The Morgan fingerprint density at radius 2 is 0.472 bits per heavy atom. The Kier molecular flexibility index (Phi) is 77.5. The normalized spacial score (nSPS) is 14.3. The van der Waals surface area contributed by atoms with E-state index in [1.165, 1.54) is 276 Å². The molecule has 0 rings (SSSR count).